The van der Waals surface area contributed by atoms with Crippen molar-refractivity contribution in [2.24, 2.45) is 0 Å². The highest BCUT2D eigenvalue weighted by molar-refractivity contribution is 5.09. The van der Waals surface area contributed by atoms with Crippen LogP contribution in [0.15, 0.2) is 24.5 Å². The van der Waals surface area contributed by atoms with E-state index in [4.69, 9.17) is 9.47 Å². The normalized spacial score (nSPS) is 28.0. The van der Waals surface area contributed by atoms with E-state index in [1.54, 1.807) is 0 Å². The van der Waals surface area contributed by atoms with Gasteiger partial charge in [0.1, 0.15) is 0 Å². The fourth-order valence-electron chi connectivity index (χ4n) is 4.71. The molecule has 0 N–H and O–H groups in total. The summed E-state index contributed by atoms with van der Waals surface area (Å²) in [5.74, 6) is 0. The summed E-state index contributed by atoms with van der Waals surface area (Å²) >= 11 is 0. The van der Waals surface area contributed by atoms with Crippen LogP contribution in [-0.2, 0) is 16.0 Å². The van der Waals surface area contributed by atoms with E-state index in [0.717, 1.165) is 32.4 Å². The van der Waals surface area contributed by atoms with Gasteiger partial charge in [0.15, 0.2) is 0 Å². The predicted molar refractivity (Wildman–Crippen MR) is 97.4 cm³/mol. The highest BCUT2D eigenvalue weighted by Crippen LogP contribution is 2.38. The topological polar surface area (TPSA) is 37.8 Å². The standard InChI is InChI=1S/C20H31N3O2/c1-22(15-17-3-2-8-21-14-17)19-13-20(25-16-19)6-9-23(10-7-20)18-4-11-24-12-5-18/h2-3,8,14,18-19H,4-7,9-13,15-16H2,1H3/t19-/m1/s1. The van der Waals surface area contributed by atoms with Crippen LogP contribution >= 0.6 is 0 Å². The Kier molecular flexibility index (Phi) is 5.36. The van der Waals surface area contributed by atoms with Crippen LogP contribution in [0, 0.1) is 0 Å². The summed E-state index contributed by atoms with van der Waals surface area (Å²) in [4.78, 5) is 9.35. The fraction of sp³-hybridized carbons (Fsp3) is 0.750. The number of nitrogens with zero attached hydrogens (tertiary/aromatic N) is 3. The van der Waals surface area contributed by atoms with Crippen molar-refractivity contribution in [2.75, 3.05) is 40.0 Å². The maximum absolute atomic E-state index is 6.38. The Morgan fingerprint density at radius 1 is 1.28 bits per heavy atom. The van der Waals surface area contributed by atoms with Gasteiger partial charge in [0.2, 0.25) is 0 Å². The predicted octanol–water partition coefficient (Wildman–Crippen LogP) is 2.32. The summed E-state index contributed by atoms with van der Waals surface area (Å²) in [6.07, 6.45) is 9.74. The SMILES string of the molecule is CN(Cc1cccnc1)[C@H]1COC2(CCN(C3CCOCC3)CC2)C1. The molecule has 3 aliphatic rings. The maximum Gasteiger partial charge on any atom is 0.0723 e. The number of rotatable bonds is 4. The molecule has 4 heterocycles. The number of likely N-dealkylation sites (tertiary alicyclic amines) is 1. The average Bonchev–Trinajstić information content (AvgIpc) is 3.08. The molecule has 0 aliphatic carbocycles. The zero-order chi connectivity index (χ0) is 17.1. The third-order valence-corrected chi connectivity index (χ3v) is 6.38. The van der Waals surface area contributed by atoms with E-state index in [1.165, 1.54) is 50.8 Å². The molecule has 3 aliphatic heterocycles. The minimum atomic E-state index is 0.121. The molecule has 0 bridgehead atoms. The van der Waals surface area contributed by atoms with Crippen molar-refractivity contribution in [1.82, 2.24) is 14.8 Å². The van der Waals surface area contributed by atoms with Crippen LogP contribution in [-0.4, -0.2) is 72.4 Å². The highest BCUT2D eigenvalue weighted by Gasteiger charge is 2.44. The second-order valence-corrected chi connectivity index (χ2v) is 8.01. The lowest BCUT2D eigenvalue weighted by Crippen LogP contribution is -2.49. The van der Waals surface area contributed by atoms with Gasteiger partial charge in [0, 0.05) is 57.3 Å². The molecule has 25 heavy (non-hydrogen) atoms. The van der Waals surface area contributed by atoms with Crippen molar-refractivity contribution in [3.63, 3.8) is 0 Å². The number of hydrogen-bond donors (Lipinski definition) is 0. The van der Waals surface area contributed by atoms with E-state index in [-0.39, 0.29) is 5.60 Å². The van der Waals surface area contributed by atoms with Crippen LogP contribution in [0.4, 0.5) is 0 Å². The first kappa shape index (κ1) is 17.4. The van der Waals surface area contributed by atoms with Crippen molar-refractivity contribution >= 4 is 0 Å². The molecule has 0 aromatic carbocycles. The van der Waals surface area contributed by atoms with Gasteiger partial charge in [0.25, 0.3) is 0 Å². The van der Waals surface area contributed by atoms with E-state index in [2.05, 4.69) is 27.9 Å². The van der Waals surface area contributed by atoms with E-state index in [1.807, 2.05) is 18.5 Å². The molecule has 1 aromatic heterocycles. The first-order chi connectivity index (χ1) is 12.2. The monoisotopic (exact) mass is 345 g/mol. The van der Waals surface area contributed by atoms with Gasteiger partial charge in [-0.3, -0.25) is 14.8 Å². The summed E-state index contributed by atoms with van der Waals surface area (Å²) < 4.78 is 11.9. The lowest BCUT2D eigenvalue weighted by Gasteiger charge is -2.43. The van der Waals surface area contributed by atoms with Gasteiger partial charge in [-0.2, -0.15) is 0 Å². The van der Waals surface area contributed by atoms with Crippen LogP contribution in [0.2, 0.25) is 0 Å². The zero-order valence-corrected chi connectivity index (χ0v) is 15.4. The van der Waals surface area contributed by atoms with Crippen LogP contribution in [0.3, 0.4) is 0 Å². The van der Waals surface area contributed by atoms with Crippen LogP contribution in [0.5, 0.6) is 0 Å². The van der Waals surface area contributed by atoms with Crippen molar-refractivity contribution in [3.05, 3.63) is 30.1 Å². The zero-order valence-electron chi connectivity index (χ0n) is 15.4. The second-order valence-electron chi connectivity index (χ2n) is 8.01. The minimum Gasteiger partial charge on any atom is -0.381 e. The number of pyridine rings is 1. The molecule has 0 radical (unpaired) electrons. The van der Waals surface area contributed by atoms with Gasteiger partial charge in [-0.25, -0.2) is 0 Å². The van der Waals surface area contributed by atoms with E-state index in [9.17, 15) is 0 Å². The van der Waals surface area contributed by atoms with Gasteiger partial charge in [0.05, 0.1) is 12.2 Å². The molecule has 5 heteroatoms. The molecular weight excluding hydrogens is 314 g/mol. The molecule has 1 spiro atoms. The van der Waals surface area contributed by atoms with Crippen LogP contribution in [0.1, 0.15) is 37.7 Å². The van der Waals surface area contributed by atoms with Crippen molar-refractivity contribution in [2.45, 2.75) is 56.3 Å². The second kappa shape index (κ2) is 7.70. The van der Waals surface area contributed by atoms with E-state index >= 15 is 0 Å². The number of hydrogen-bond acceptors (Lipinski definition) is 5. The lowest BCUT2D eigenvalue weighted by atomic mass is 9.86. The Labute approximate surface area is 151 Å². The third kappa shape index (κ3) is 4.05. The van der Waals surface area contributed by atoms with Gasteiger partial charge in [-0.15, -0.1) is 0 Å². The van der Waals surface area contributed by atoms with Gasteiger partial charge in [-0.05, 0) is 50.8 Å². The number of piperidine rings is 1. The Morgan fingerprint density at radius 2 is 2.08 bits per heavy atom. The maximum atomic E-state index is 6.38. The average molecular weight is 345 g/mol. The molecule has 5 nitrogen and oxygen atoms in total. The van der Waals surface area contributed by atoms with Crippen molar-refractivity contribution < 1.29 is 9.47 Å². The van der Waals surface area contributed by atoms with Crippen LogP contribution < -0.4 is 0 Å². The van der Waals surface area contributed by atoms with Crippen molar-refractivity contribution in [3.8, 4) is 0 Å². The van der Waals surface area contributed by atoms with Gasteiger partial charge in [-0.1, -0.05) is 6.07 Å². The first-order valence-electron chi connectivity index (χ1n) is 9.79. The van der Waals surface area contributed by atoms with Gasteiger partial charge >= 0.3 is 0 Å². The van der Waals surface area contributed by atoms with Crippen molar-refractivity contribution in [1.29, 1.82) is 0 Å². The molecule has 1 atom stereocenters. The van der Waals surface area contributed by atoms with E-state index in [0.29, 0.717) is 6.04 Å². The van der Waals surface area contributed by atoms with E-state index < -0.39 is 0 Å². The van der Waals surface area contributed by atoms with Gasteiger partial charge < -0.3 is 9.47 Å². The summed E-state index contributed by atoms with van der Waals surface area (Å²) in [5.41, 5.74) is 1.40. The molecule has 4 rings (SSSR count). The first-order valence-corrected chi connectivity index (χ1v) is 9.79. The molecule has 0 unspecified atom stereocenters. The Morgan fingerprint density at radius 3 is 2.80 bits per heavy atom. The summed E-state index contributed by atoms with van der Waals surface area (Å²) in [7, 11) is 2.22. The van der Waals surface area contributed by atoms with Crippen LogP contribution in [0.25, 0.3) is 0 Å². The molecule has 0 saturated carbocycles. The number of aromatic nitrogens is 1. The molecular formula is C20H31N3O2. The summed E-state index contributed by atoms with van der Waals surface area (Å²) in [6, 6.07) is 5.43. The fourth-order valence-corrected chi connectivity index (χ4v) is 4.71. The summed E-state index contributed by atoms with van der Waals surface area (Å²) in [5, 5.41) is 0. The number of likely N-dealkylation sites (N-methyl/N-ethyl adjacent to an activating group) is 1. The number of ether oxygens (including phenoxy) is 2. The third-order valence-electron chi connectivity index (χ3n) is 6.38. The quantitative estimate of drug-likeness (QED) is 0.837. The highest BCUT2D eigenvalue weighted by atomic mass is 16.5. The smallest absolute Gasteiger partial charge is 0.0723 e. The Balaban J connectivity index is 1.28. The molecule has 0 amide bonds. The minimum absolute atomic E-state index is 0.121. The molecule has 3 saturated heterocycles. The molecule has 1 aromatic rings. The Bertz CT molecular complexity index is 539. The Hall–Kier alpha value is -1.01. The largest absolute Gasteiger partial charge is 0.381 e. The lowest BCUT2D eigenvalue weighted by molar-refractivity contribution is -0.0615. The molecule has 3 fully saturated rings. The molecule has 138 valence electrons. The summed E-state index contributed by atoms with van der Waals surface area (Å²) in [6.45, 7) is 6.06.